The third-order valence-electron chi connectivity index (χ3n) is 3.69. The molecule has 4 nitrogen and oxygen atoms in total. The van der Waals surface area contributed by atoms with Gasteiger partial charge in [-0.2, -0.15) is 8.42 Å². The first-order valence-electron chi connectivity index (χ1n) is 8.63. The first kappa shape index (κ1) is 19.0. The van der Waals surface area contributed by atoms with Gasteiger partial charge in [-0.25, -0.2) is 0 Å². The second-order valence-corrected chi connectivity index (χ2v) is 8.60. The summed E-state index contributed by atoms with van der Waals surface area (Å²) < 4.78 is 36.7. The summed E-state index contributed by atoms with van der Waals surface area (Å²) in [7, 11) is -3.96. The first-order chi connectivity index (χ1) is 12.7. The van der Waals surface area contributed by atoms with Gasteiger partial charge in [-0.15, -0.1) is 0 Å². The van der Waals surface area contributed by atoms with Gasteiger partial charge < -0.3 is 8.92 Å². The van der Waals surface area contributed by atoms with Crippen molar-refractivity contribution in [3.63, 3.8) is 0 Å². The Morgan fingerprint density at radius 3 is 1.93 bits per heavy atom. The summed E-state index contributed by atoms with van der Waals surface area (Å²) in [5, 5.41) is 0. The molecule has 27 heavy (non-hydrogen) atoms. The van der Waals surface area contributed by atoms with E-state index in [1.807, 2.05) is 45.0 Å². The number of ether oxygens (including phenoxy) is 1. The van der Waals surface area contributed by atoms with Crippen molar-refractivity contribution in [3.05, 3.63) is 78.9 Å². The minimum absolute atomic E-state index is 0.123. The summed E-state index contributed by atoms with van der Waals surface area (Å²) in [5.41, 5.74) is 1.05. The topological polar surface area (TPSA) is 52.6 Å². The summed E-state index contributed by atoms with van der Waals surface area (Å²) >= 11 is 0. The molecule has 0 fully saturated rings. The van der Waals surface area contributed by atoms with Gasteiger partial charge in [0.15, 0.2) is 0 Å². The van der Waals surface area contributed by atoms with Crippen molar-refractivity contribution in [3.8, 4) is 22.6 Å². The second kappa shape index (κ2) is 7.45. The predicted octanol–water partition coefficient (Wildman–Crippen LogP) is 5.30. The fraction of sp³-hybridized carbons (Fsp3) is 0.182. The van der Waals surface area contributed by atoms with E-state index in [1.54, 1.807) is 54.6 Å². The number of hydrogen-bond acceptors (Lipinski definition) is 4. The molecule has 5 heteroatoms. The molecule has 3 aromatic carbocycles. The number of hydrogen-bond donors (Lipinski definition) is 0. The SMILES string of the molecule is CC(C)(C)Oc1ccc(-c2ccccc2S(=O)(=O)Oc2ccccc2)cc1. The second-order valence-electron chi connectivity index (χ2n) is 7.09. The summed E-state index contributed by atoms with van der Waals surface area (Å²) in [6, 6.07) is 22.6. The standard InChI is InChI=1S/C22H22O4S/c1-22(2,3)25-18-15-13-17(14-16-18)20-11-7-8-12-21(20)27(23,24)26-19-9-5-4-6-10-19/h4-16H,1-3H3. The molecule has 0 unspecified atom stereocenters. The lowest BCUT2D eigenvalue weighted by Gasteiger charge is -2.21. The molecule has 3 aromatic rings. The van der Waals surface area contributed by atoms with E-state index >= 15 is 0 Å². The molecule has 0 amide bonds. The first-order valence-corrected chi connectivity index (χ1v) is 10.0. The van der Waals surface area contributed by atoms with Crippen LogP contribution in [0.3, 0.4) is 0 Å². The molecule has 0 spiro atoms. The zero-order valence-corrected chi connectivity index (χ0v) is 16.4. The van der Waals surface area contributed by atoms with Gasteiger partial charge in [0.1, 0.15) is 22.0 Å². The smallest absolute Gasteiger partial charge is 0.339 e. The van der Waals surface area contributed by atoms with Crippen molar-refractivity contribution in [1.82, 2.24) is 0 Å². The van der Waals surface area contributed by atoms with Gasteiger partial charge in [0.2, 0.25) is 0 Å². The largest absolute Gasteiger partial charge is 0.488 e. The number of benzene rings is 3. The minimum atomic E-state index is -3.96. The zero-order chi connectivity index (χ0) is 19.5. The fourth-order valence-corrected chi connectivity index (χ4v) is 3.78. The molecule has 0 atom stereocenters. The Balaban J connectivity index is 1.94. The molecular formula is C22H22O4S. The Morgan fingerprint density at radius 1 is 0.704 bits per heavy atom. The van der Waals surface area contributed by atoms with Crippen LogP contribution in [0.2, 0.25) is 0 Å². The summed E-state index contributed by atoms with van der Waals surface area (Å²) in [6.07, 6.45) is 0. The van der Waals surface area contributed by atoms with Crippen LogP contribution in [0.15, 0.2) is 83.8 Å². The minimum Gasteiger partial charge on any atom is -0.488 e. The molecule has 140 valence electrons. The average Bonchev–Trinajstić information content (AvgIpc) is 2.61. The van der Waals surface area contributed by atoms with Crippen molar-refractivity contribution in [2.75, 3.05) is 0 Å². The lowest BCUT2D eigenvalue weighted by atomic mass is 10.1. The third-order valence-corrected chi connectivity index (χ3v) is 5.00. The highest BCUT2D eigenvalue weighted by atomic mass is 32.2. The van der Waals surface area contributed by atoms with Crippen LogP contribution < -0.4 is 8.92 Å². The van der Waals surface area contributed by atoms with Crippen molar-refractivity contribution < 1.29 is 17.3 Å². The fourth-order valence-electron chi connectivity index (χ4n) is 2.63. The van der Waals surface area contributed by atoms with E-state index in [-0.39, 0.29) is 16.2 Å². The molecule has 0 aliphatic rings. The van der Waals surface area contributed by atoms with Gasteiger partial charge in [-0.05, 0) is 56.7 Å². The molecule has 0 aliphatic carbocycles. The number of rotatable bonds is 5. The van der Waals surface area contributed by atoms with Crippen LogP contribution in [0.25, 0.3) is 11.1 Å². The van der Waals surface area contributed by atoms with Crippen LogP contribution >= 0.6 is 0 Å². The van der Waals surface area contributed by atoms with Crippen molar-refractivity contribution in [2.24, 2.45) is 0 Å². The lowest BCUT2D eigenvalue weighted by Crippen LogP contribution is -2.22. The van der Waals surface area contributed by atoms with Crippen LogP contribution in [-0.2, 0) is 10.1 Å². The highest BCUT2D eigenvalue weighted by molar-refractivity contribution is 7.87. The van der Waals surface area contributed by atoms with Crippen LogP contribution in [0.1, 0.15) is 20.8 Å². The van der Waals surface area contributed by atoms with E-state index in [1.165, 1.54) is 0 Å². The third kappa shape index (κ3) is 4.89. The number of para-hydroxylation sites is 1. The van der Waals surface area contributed by atoms with Crippen molar-refractivity contribution in [2.45, 2.75) is 31.3 Å². The highest BCUT2D eigenvalue weighted by Crippen LogP contribution is 2.31. The van der Waals surface area contributed by atoms with Gasteiger partial charge >= 0.3 is 10.1 Å². The Labute approximate surface area is 160 Å². The molecule has 3 rings (SSSR count). The van der Waals surface area contributed by atoms with E-state index in [0.717, 1.165) is 11.3 Å². The van der Waals surface area contributed by atoms with E-state index < -0.39 is 10.1 Å². The summed E-state index contributed by atoms with van der Waals surface area (Å²) in [4.78, 5) is 0.123. The maximum Gasteiger partial charge on any atom is 0.339 e. The van der Waals surface area contributed by atoms with E-state index in [9.17, 15) is 8.42 Å². The van der Waals surface area contributed by atoms with Crippen molar-refractivity contribution in [1.29, 1.82) is 0 Å². The Hall–Kier alpha value is -2.79. The van der Waals surface area contributed by atoms with Crippen LogP contribution in [0.5, 0.6) is 11.5 Å². The van der Waals surface area contributed by atoms with Gasteiger partial charge in [0, 0.05) is 5.56 Å². The van der Waals surface area contributed by atoms with Gasteiger partial charge in [-0.1, -0.05) is 48.5 Å². The molecule has 0 N–H and O–H groups in total. The maximum atomic E-state index is 12.8. The normalized spacial score (nSPS) is 11.8. The molecule has 0 bridgehead atoms. The Bertz CT molecular complexity index is 1000. The molecule has 0 saturated heterocycles. The molecule has 0 aromatic heterocycles. The molecule has 0 radical (unpaired) electrons. The van der Waals surface area contributed by atoms with Gasteiger partial charge in [0.05, 0.1) is 0 Å². The van der Waals surface area contributed by atoms with Crippen LogP contribution in [0.4, 0.5) is 0 Å². The van der Waals surface area contributed by atoms with E-state index in [4.69, 9.17) is 8.92 Å². The van der Waals surface area contributed by atoms with Crippen LogP contribution in [0, 0.1) is 0 Å². The molecule has 0 aliphatic heterocycles. The van der Waals surface area contributed by atoms with E-state index in [2.05, 4.69) is 0 Å². The van der Waals surface area contributed by atoms with Gasteiger partial charge in [0.25, 0.3) is 0 Å². The summed E-state index contributed by atoms with van der Waals surface area (Å²) in [5.74, 6) is 1.01. The Kier molecular flexibility index (Phi) is 5.24. The van der Waals surface area contributed by atoms with Crippen molar-refractivity contribution >= 4 is 10.1 Å². The highest BCUT2D eigenvalue weighted by Gasteiger charge is 2.21. The Morgan fingerprint density at radius 2 is 1.30 bits per heavy atom. The zero-order valence-electron chi connectivity index (χ0n) is 15.5. The quantitative estimate of drug-likeness (QED) is 0.562. The predicted molar refractivity (Wildman–Crippen MR) is 107 cm³/mol. The molecule has 0 heterocycles. The summed E-state index contributed by atoms with van der Waals surface area (Å²) in [6.45, 7) is 5.93. The average molecular weight is 382 g/mol. The monoisotopic (exact) mass is 382 g/mol. The van der Waals surface area contributed by atoms with E-state index in [0.29, 0.717) is 5.56 Å². The van der Waals surface area contributed by atoms with Gasteiger partial charge in [-0.3, -0.25) is 0 Å². The maximum absolute atomic E-state index is 12.8. The molecular weight excluding hydrogens is 360 g/mol. The van der Waals surface area contributed by atoms with Crippen LogP contribution in [-0.4, -0.2) is 14.0 Å². The molecule has 0 saturated carbocycles. The lowest BCUT2D eigenvalue weighted by molar-refractivity contribution is 0.131.